The highest BCUT2D eigenvalue weighted by molar-refractivity contribution is 9.10. The van der Waals surface area contributed by atoms with Crippen LogP contribution in [0.3, 0.4) is 0 Å². The number of hydrogen-bond donors (Lipinski definition) is 0. The van der Waals surface area contributed by atoms with E-state index in [0.717, 1.165) is 0 Å². The fourth-order valence-electron chi connectivity index (χ4n) is 1.29. The Bertz CT molecular complexity index is 407. The molecule has 1 unspecified atom stereocenters. The Morgan fingerprint density at radius 1 is 1.18 bits per heavy atom. The molecular formula is C10H9Br2F3O2. The predicted molar refractivity (Wildman–Crippen MR) is 65.0 cm³/mol. The summed E-state index contributed by atoms with van der Waals surface area (Å²) in [6, 6.07) is 2.76. The first-order valence-electron chi connectivity index (χ1n) is 4.44. The fraction of sp³-hybridized carbons (Fsp3) is 0.400. The average molecular weight is 378 g/mol. The minimum Gasteiger partial charge on any atom is -0.495 e. The van der Waals surface area contributed by atoms with Gasteiger partial charge < -0.3 is 9.47 Å². The highest BCUT2D eigenvalue weighted by Gasteiger charge is 2.41. The van der Waals surface area contributed by atoms with Crippen molar-refractivity contribution in [3.05, 3.63) is 22.2 Å². The molecule has 0 aromatic heterocycles. The zero-order valence-corrected chi connectivity index (χ0v) is 12.1. The molecule has 0 aliphatic rings. The molecule has 1 aromatic rings. The van der Waals surface area contributed by atoms with Gasteiger partial charge in [-0.25, -0.2) is 0 Å². The Morgan fingerprint density at radius 2 is 1.76 bits per heavy atom. The first-order chi connectivity index (χ1) is 7.82. The van der Waals surface area contributed by atoms with Gasteiger partial charge in [-0.05, 0) is 22.0 Å². The van der Waals surface area contributed by atoms with E-state index in [1.165, 1.54) is 26.4 Å². The van der Waals surface area contributed by atoms with Crippen LogP contribution < -0.4 is 9.47 Å². The largest absolute Gasteiger partial charge is 0.495 e. The minimum atomic E-state index is -4.39. The average Bonchev–Trinajstić information content (AvgIpc) is 2.26. The topological polar surface area (TPSA) is 18.5 Å². The van der Waals surface area contributed by atoms with E-state index >= 15 is 0 Å². The van der Waals surface area contributed by atoms with Crippen LogP contribution in [-0.2, 0) is 0 Å². The number of alkyl halides is 4. The van der Waals surface area contributed by atoms with E-state index in [4.69, 9.17) is 9.47 Å². The summed E-state index contributed by atoms with van der Waals surface area (Å²) >= 11 is 5.76. The van der Waals surface area contributed by atoms with Crippen LogP contribution in [0.1, 0.15) is 10.4 Å². The van der Waals surface area contributed by atoms with Crippen LogP contribution in [-0.4, -0.2) is 20.4 Å². The maximum Gasteiger partial charge on any atom is 0.405 e. The Balaban J connectivity index is 3.31. The van der Waals surface area contributed by atoms with Crippen LogP contribution in [0.25, 0.3) is 0 Å². The SMILES string of the molecule is COc1ccc(C(Br)C(F)(F)F)c(OC)c1Br. The second-order valence-electron chi connectivity index (χ2n) is 3.11. The molecule has 0 bridgehead atoms. The van der Waals surface area contributed by atoms with E-state index in [1.807, 2.05) is 0 Å². The number of hydrogen-bond acceptors (Lipinski definition) is 2. The highest BCUT2D eigenvalue weighted by atomic mass is 79.9. The Morgan fingerprint density at radius 3 is 2.18 bits per heavy atom. The van der Waals surface area contributed by atoms with Crippen LogP contribution in [0.4, 0.5) is 13.2 Å². The molecular weight excluding hydrogens is 369 g/mol. The van der Waals surface area contributed by atoms with E-state index in [0.29, 0.717) is 10.2 Å². The van der Waals surface area contributed by atoms with Crippen molar-refractivity contribution in [2.24, 2.45) is 0 Å². The van der Waals surface area contributed by atoms with Gasteiger partial charge in [0.2, 0.25) is 0 Å². The third-order valence-corrected chi connectivity index (χ3v) is 3.84. The normalized spacial score (nSPS) is 13.4. The van der Waals surface area contributed by atoms with E-state index in [1.54, 1.807) is 0 Å². The second kappa shape index (κ2) is 5.48. The second-order valence-corrected chi connectivity index (χ2v) is 4.82. The number of rotatable bonds is 3. The molecule has 0 radical (unpaired) electrons. The van der Waals surface area contributed by atoms with Crippen LogP contribution in [0.5, 0.6) is 11.5 Å². The first kappa shape index (κ1) is 14.6. The zero-order valence-electron chi connectivity index (χ0n) is 8.94. The van der Waals surface area contributed by atoms with Gasteiger partial charge in [0.1, 0.15) is 20.8 Å². The minimum absolute atomic E-state index is 0.00678. The highest BCUT2D eigenvalue weighted by Crippen LogP contribution is 2.47. The quantitative estimate of drug-likeness (QED) is 0.724. The molecule has 1 atom stereocenters. The Labute approximate surface area is 113 Å². The van der Waals surface area contributed by atoms with Gasteiger partial charge in [0.05, 0.1) is 14.2 Å². The fourth-order valence-corrected chi connectivity index (χ4v) is 2.34. The van der Waals surface area contributed by atoms with Crippen LogP contribution in [0.2, 0.25) is 0 Å². The van der Waals surface area contributed by atoms with Gasteiger partial charge in [-0.1, -0.05) is 22.0 Å². The summed E-state index contributed by atoms with van der Waals surface area (Å²) in [5.41, 5.74) is -0.00678. The van der Waals surface area contributed by atoms with Gasteiger partial charge in [-0.15, -0.1) is 0 Å². The summed E-state index contributed by atoms with van der Waals surface area (Å²) in [5, 5.41) is 0. The van der Waals surface area contributed by atoms with E-state index < -0.39 is 11.0 Å². The Kier molecular flexibility index (Phi) is 4.71. The van der Waals surface area contributed by atoms with Crippen LogP contribution in [0.15, 0.2) is 16.6 Å². The van der Waals surface area contributed by atoms with Gasteiger partial charge in [0, 0.05) is 5.56 Å². The summed E-state index contributed by atoms with van der Waals surface area (Å²) in [4.78, 5) is -1.79. The lowest BCUT2D eigenvalue weighted by Crippen LogP contribution is -2.16. The summed E-state index contributed by atoms with van der Waals surface area (Å²) in [7, 11) is 2.73. The molecule has 1 rings (SSSR count). The molecule has 96 valence electrons. The van der Waals surface area contributed by atoms with Crippen molar-refractivity contribution in [2.75, 3.05) is 14.2 Å². The molecule has 7 heteroatoms. The van der Waals surface area contributed by atoms with Crippen LogP contribution in [0, 0.1) is 0 Å². The van der Waals surface area contributed by atoms with Gasteiger partial charge in [-0.2, -0.15) is 13.2 Å². The monoisotopic (exact) mass is 376 g/mol. The van der Waals surface area contributed by atoms with Crippen molar-refractivity contribution in [3.8, 4) is 11.5 Å². The zero-order chi connectivity index (χ0) is 13.2. The van der Waals surface area contributed by atoms with Crippen molar-refractivity contribution in [1.29, 1.82) is 0 Å². The summed E-state index contributed by atoms with van der Waals surface area (Å²) in [6.45, 7) is 0. The van der Waals surface area contributed by atoms with E-state index in [9.17, 15) is 13.2 Å². The van der Waals surface area contributed by atoms with Crippen molar-refractivity contribution in [2.45, 2.75) is 11.0 Å². The predicted octanol–water partition coefficient (Wildman–Crippen LogP) is 4.46. The molecule has 0 fully saturated rings. The summed E-state index contributed by atoms with van der Waals surface area (Å²) < 4.78 is 48.2. The van der Waals surface area contributed by atoms with Crippen LogP contribution >= 0.6 is 31.9 Å². The summed E-state index contributed by atoms with van der Waals surface area (Å²) in [5.74, 6) is 0.510. The van der Waals surface area contributed by atoms with Gasteiger partial charge in [0.25, 0.3) is 0 Å². The van der Waals surface area contributed by atoms with E-state index in [-0.39, 0.29) is 11.3 Å². The molecule has 0 aliphatic carbocycles. The first-order valence-corrected chi connectivity index (χ1v) is 6.15. The van der Waals surface area contributed by atoms with Gasteiger partial charge in [-0.3, -0.25) is 0 Å². The van der Waals surface area contributed by atoms with Crippen molar-refractivity contribution in [3.63, 3.8) is 0 Å². The standard InChI is InChI=1S/C10H9Br2F3O2/c1-16-6-4-3-5(8(17-2)7(6)11)9(12)10(13,14)15/h3-4,9H,1-2H3. The van der Waals surface area contributed by atoms with Gasteiger partial charge in [0.15, 0.2) is 0 Å². The Hall–Kier alpha value is -0.430. The molecule has 0 saturated heterocycles. The molecule has 0 amide bonds. The maximum absolute atomic E-state index is 12.6. The van der Waals surface area contributed by atoms with Gasteiger partial charge >= 0.3 is 6.18 Å². The lowest BCUT2D eigenvalue weighted by molar-refractivity contribution is -0.128. The van der Waals surface area contributed by atoms with Crippen molar-refractivity contribution < 1.29 is 22.6 Å². The summed E-state index contributed by atoms with van der Waals surface area (Å²) in [6.07, 6.45) is -4.39. The lowest BCUT2D eigenvalue weighted by Gasteiger charge is -2.19. The number of methoxy groups -OCH3 is 2. The maximum atomic E-state index is 12.6. The third kappa shape index (κ3) is 3.07. The van der Waals surface area contributed by atoms with Crippen molar-refractivity contribution in [1.82, 2.24) is 0 Å². The number of benzene rings is 1. The smallest absolute Gasteiger partial charge is 0.405 e. The third-order valence-electron chi connectivity index (χ3n) is 2.08. The molecule has 1 aromatic carbocycles. The number of ether oxygens (including phenoxy) is 2. The lowest BCUT2D eigenvalue weighted by atomic mass is 10.1. The molecule has 0 aliphatic heterocycles. The molecule has 2 nitrogen and oxygen atoms in total. The molecule has 0 saturated carbocycles. The molecule has 0 spiro atoms. The number of halogens is 5. The van der Waals surface area contributed by atoms with Crippen molar-refractivity contribution >= 4 is 31.9 Å². The van der Waals surface area contributed by atoms with E-state index in [2.05, 4.69) is 31.9 Å². The molecule has 17 heavy (non-hydrogen) atoms. The molecule has 0 heterocycles. The molecule has 0 N–H and O–H groups in total.